The third-order valence-electron chi connectivity index (χ3n) is 4.89. The molecule has 0 aliphatic carbocycles. The lowest BCUT2D eigenvalue weighted by atomic mass is 10.4. The van der Waals surface area contributed by atoms with Crippen LogP contribution >= 0.6 is 0 Å². The third-order valence-corrected chi connectivity index (χ3v) is 4.89. The smallest absolute Gasteiger partial charge is 0.104 e. The van der Waals surface area contributed by atoms with Crippen molar-refractivity contribution in [3.63, 3.8) is 0 Å². The number of rotatable bonds is 37. The number of hydrogen-bond donors (Lipinski definition) is 0. The predicted molar refractivity (Wildman–Crippen MR) is 152 cm³/mol. The summed E-state index contributed by atoms with van der Waals surface area (Å²) < 4.78 is 70.3. The number of methoxy groups -OCH3 is 2. The van der Waals surface area contributed by atoms with E-state index < -0.39 is 0 Å². The molecule has 0 amide bonds. The Morgan fingerprint density at radius 3 is 1.02 bits per heavy atom. The molecule has 0 aromatic heterocycles. The second kappa shape index (κ2) is 37.2. The van der Waals surface area contributed by atoms with Gasteiger partial charge in [-0.15, -0.1) is 6.58 Å². The van der Waals surface area contributed by atoms with E-state index in [0.29, 0.717) is 152 Å². The Bertz CT molecular complexity index is 488. The molecular weight excluding hydrogens is 544 g/mol. The summed E-state index contributed by atoms with van der Waals surface area (Å²) in [5.74, 6) is 0. The maximum atomic E-state index is 5.84. The summed E-state index contributed by atoms with van der Waals surface area (Å²) >= 11 is 0. The highest BCUT2D eigenvalue weighted by Gasteiger charge is 2.10. The quantitative estimate of drug-likeness (QED) is 0.0746. The Morgan fingerprint density at radius 1 is 0.390 bits per heavy atom. The predicted octanol–water partition coefficient (Wildman–Crippen LogP) is 1.02. The average molecular weight is 601 g/mol. The Kier molecular flexibility index (Phi) is 36.5. The first-order chi connectivity index (χ1) is 20.3. The van der Waals surface area contributed by atoms with Gasteiger partial charge in [-0.1, -0.05) is 6.08 Å². The van der Waals surface area contributed by atoms with Crippen molar-refractivity contribution >= 4 is 0 Å². The van der Waals surface area contributed by atoms with E-state index in [0.717, 1.165) is 0 Å². The lowest BCUT2D eigenvalue weighted by Gasteiger charge is -2.18. The van der Waals surface area contributed by atoms with Gasteiger partial charge in [0, 0.05) is 14.2 Å². The zero-order valence-electron chi connectivity index (χ0n) is 25.4. The first-order valence-electron chi connectivity index (χ1n) is 14.3. The van der Waals surface area contributed by atoms with E-state index in [-0.39, 0.29) is 6.10 Å². The van der Waals surface area contributed by atoms with Crippen LogP contribution < -0.4 is 0 Å². The van der Waals surface area contributed by atoms with Crippen LogP contribution in [0.5, 0.6) is 0 Å². The molecule has 0 heterocycles. The first kappa shape index (κ1) is 40.2. The lowest BCUT2D eigenvalue weighted by Crippen LogP contribution is -2.28. The highest BCUT2D eigenvalue weighted by atomic mass is 16.6. The lowest BCUT2D eigenvalue weighted by molar-refractivity contribution is -0.0799. The molecule has 0 bridgehead atoms. The minimum absolute atomic E-state index is 0.209. The molecule has 0 saturated heterocycles. The van der Waals surface area contributed by atoms with Gasteiger partial charge in [-0.05, 0) is 0 Å². The van der Waals surface area contributed by atoms with Crippen LogP contribution in [0.4, 0.5) is 0 Å². The van der Waals surface area contributed by atoms with E-state index in [1.807, 2.05) is 0 Å². The summed E-state index contributed by atoms with van der Waals surface area (Å²) in [6, 6.07) is 0. The van der Waals surface area contributed by atoms with Gasteiger partial charge in [-0.25, -0.2) is 0 Å². The second-order valence-electron chi connectivity index (χ2n) is 8.28. The maximum Gasteiger partial charge on any atom is 0.104 e. The van der Waals surface area contributed by atoms with E-state index in [2.05, 4.69) is 6.58 Å². The molecule has 41 heavy (non-hydrogen) atoms. The van der Waals surface area contributed by atoms with Gasteiger partial charge in [0.15, 0.2) is 0 Å². The zero-order valence-corrected chi connectivity index (χ0v) is 25.4. The zero-order chi connectivity index (χ0) is 29.7. The Labute approximate surface area is 246 Å². The Hall–Kier alpha value is -0.780. The van der Waals surface area contributed by atoms with Crippen molar-refractivity contribution in [1.29, 1.82) is 0 Å². The van der Waals surface area contributed by atoms with Gasteiger partial charge >= 0.3 is 0 Å². The van der Waals surface area contributed by atoms with Crippen molar-refractivity contribution < 1.29 is 61.6 Å². The minimum atomic E-state index is -0.209. The van der Waals surface area contributed by atoms with Gasteiger partial charge in [0.1, 0.15) is 6.10 Å². The molecule has 0 aliphatic heterocycles. The molecule has 0 fully saturated rings. The standard InChI is InChI=1S/C28H56O13/c1-4-5-39-26-28(41-25-24-38-21-20-36-17-15-34-13-11-32-9-7-30-3)27-40-23-22-37-19-18-35-16-14-33-12-10-31-8-6-29-2/h4,28H,1,5-27H2,2-3H3. The van der Waals surface area contributed by atoms with Gasteiger partial charge < -0.3 is 61.6 Å². The monoisotopic (exact) mass is 600 g/mol. The fraction of sp³-hybridized carbons (Fsp3) is 0.929. The SMILES string of the molecule is C=CCOCC(COCCOCCOCCOCCOCCOC)OCCOCCOCCOCCOCCOC. The van der Waals surface area contributed by atoms with Gasteiger partial charge in [0.05, 0.1) is 152 Å². The van der Waals surface area contributed by atoms with Crippen molar-refractivity contribution in [2.45, 2.75) is 6.10 Å². The molecule has 13 heteroatoms. The van der Waals surface area contributed by atoms with Crippen LogP contribution in [0.25, 0.3) is 0 Å². The summed E-state index contributed by atoms with van der Waals surface area (Å²) in [6.07, 6.45) is 1.49. The van der Waals surface area contributed by atoms with E-state index in [9.17, 15) is 0 Å². The van der Waals surface area contributed by atoms with Crippen molar-refractivity contribution in [3.05, 3.63) is 12.7 Å². The summed E-state index contributed by atoms with van der Waals surface area (Å²) in [4.78, 5) is 0. The normalized spacial score (nSPS) is 12.2. The van der Waals surface area contributed by atoms with Crippen molar-refractivity contribution in [2.24, 2.45) is 0 Å². The summed E-state index contributed by atoms with van der Waals surface area (Å²) in [5.41, 5.74) is 0. The molecular formula is C28H56O13. The molecule has 1 atom stereocenters. The molecule has 0 aliphatic rings. The first-order valence-corrected chi connectivity index (χ1v) is 14.3. The van der Waals surface area contributed by atoms with Crippen molar-refractivity contribution in [2.75, 3.05) is 166 Å². The molecule has 0 spiro atoms. The summed E-state index contributed by atoms with van der Waals surface area (Å²) in [5, 5.41) is 0. The summed E-state index contributed by atoms with van der Waals surface area (Å²) in [7, 11) is 3.29. The fourth-order valence-corrected chi connectivity index (χ4v) is 2.84. The van der Waals surface area contributed by atoms with Crippen molar-refractivity contribution in [1.82, 2.24) is 0 Å². The van der Waals surface area contributed by atoms with E-state index >= 15 is 0 Å². The highest BCUT2D eigenvalue weighted by Crippen LogP contribution is 1.97. The van der Waals surface area contributed by atoms with E-state index in [4.69, 9.17) is 61.6 Å². The topological polar surface area (TPSA) is 120 Å². The molecule has 0 radical (unpaired) electrons. The maximum absolute atomic E-state index is 5.84. The van der Waals surface area contributed by atoms with Crippen LogP contribution in [0.2, 0.25) is 0 Å². The molecule has 0 aromatic carbocycles. The molecule has 1 unspecified atom stereocenters. The average Bonchev–Trinajstić information content (AvgIpc) is 2.98. The van der Waals surface area contributed by atoms with Gasteiger partial charge in [-0.2, -0.15) is 0 Å². The number of ether oxygens (including phenoxy) is 13. The van der Waals surface area contributed by atoms with Crippen LogP contribution in [0.15, 0.2) is 12.7 Å². The molecule has 0 saturated carbocycles. The fourth-order valence-electron chi connectivity index (χ4n) is 2.84. The van der Waals surface area contributed by atoms with Gasteiger partial charge in [0.2, 0.25) is 0 Å². The second-order valence-corrected chi connectivity index (χ2v) is 8.28. The Morgan fingerprint density at radius 2 is 0.683 bits per heavy atom. The summed E-state index contributed by atoms with van der Waals surface area (Å²) in [6.45, 7) is 15.2. The van der Waals surface area contributed by atoms with Crippen LogP contribution in [-0.4, -0.2) is 172 Å². The Balaban J connectivity index is 3.54. The molecule has 246 valence electrons. The van der Waals surface area contributed by atoms with Gasteiger partial charge in [0.25, 0.3) is 0 Å². The van der Waals surface area contributed by atoms with Crippen LogP contribution in [-0.2, 0) is 61.6 Å². The molecule has 13 nitrogen and oxygen atoms in total. The molecule has 0 N–H and O–H groups in total. The van der Waals surface area contributed by atoms with Gasteiger partial charge in [-0.3, -0.25) is 0 Å². The highest BCUT2D eigenvalue weighted by molar-refractivity contribution is 4.65. The number of hydrogen-bond acceptors (Lipinski definition) is 13. The van der Waals surface area contributed by atoms with E-state index in [1.54, 1.807) is 20.3 Å². The molecule has 0 aromatic rings. The van der Waals surface area contributed by atoms with Crippen LogP contribution in [0, 0.1) is 0 Å². The van der Waals surface area contributed by atoms with E-state index in [1.165, 1.54) is 0 Å². The van der Waals surface area contributed by atoms with Crippen LogP contribution in [0.1, 0.15) is 0 Å². The minimum Gasteiger partial charge on any atom is -0.382 e. The molecule has 0 rings (SSSR count). The largest absolute Gasteiger partial charge is 0.382 e. The van der Waals surface area contributed by atoms with Crippen LogP contribution in [0.3, 0.4) is 0 Å². The van der Waals surface area contributed by atoms with Crippen molar-refractivity contribution in [3.8, 4) is 0 Å². The third kappa shape index (κ3) is 35.3.